The number of anilines is 1. The number of halogens is 6. The van der Waals surface area contributed by atoms with E-state index in [0.29, 0.717) is 11.1 Å². The van der Waals surface area contributed by atoms with Crippen LogP contribution in [0.3, 0.4) is 0 Å². The molecule has 28 heavy (non-hydrogen) atoms. The molecule has 0 saturated heterocycles. The summed E-state index contributed by atoms with van der Waals surface area (Å²) in [5.74, 6) is -0.991. The van der Waals surface area contributed by atoms with Crippen molar-refractivity contribution in [2.75, 3.05) is 5.73 Å². The highest BCUT2D eigenvalue weighted by Gasteiger charge is 2.47. The third kappa shape index (κ3) is 3.90. The van der Waals surface area contributed by atoms with Gasteiger partial charge in [-0.1, -0.05) is 48.5 Å². The fraction of sp³-hybridized carbons (Fsp3) is 0.100. The minimum absolute atomic E-state index is 0.0166. The van der Waals surface area contributed by atoms with Crippen LogP contribution in [0.15, 0.2) is 66.7 Å². The summed E-state index contributed by atoms with van der Waals surface area (Å²) >= 11 is 0. The van der Waals surface area contributed by atoms with Crippen LogP contribution in [0.25, 0.3) is 11.1 Å². The predicted molar refractivity (Wildman–Crippen MR) is 92.8 cm³/mol. The number of benzene rings is 3. The lowest BCUT2D eigenvalue weighted by Gasteiger charge is -2.21. The van der Waals surface area contributed by atoms with Gasteiger partial charge < -0.3 is 10.5 Å². The summed E-state index contributed by atoms with van der Waals surface area (Å²) in [7, 11) is 0. The summed E-state index contributed by atoms with van der Waals surface area (Å²) in [4.78, 5) is 0. The lowest BCUT2D eigenvalue weighted by molar-refractivity contribution is -0.162. The quantitative estimate of drug-likeness (QED) is 0.391. The first-order chi connectivity index (χ1) is 13.1. The molecule has 0 unspecified atom stereocenters. The van der Waals surface area contributed by atoms with Crippen molar-refractivity contribution >= 4 is 5.69 Å². The maximum Gasteiger partial charge on any atom is 0.420 e. The Hall–Kier alpha value is -3.16. The molecular weight excluding hydrogens is 384 g/mol. The van der Waals surface area contributed by atoms with Crippen molar-refractivity contribution in [3.63, 3.8) is 0 Å². The van der Waals surface area contributed by atoms with Gasteiger partial charge >= 0.3 is 12.4 Å². The van der Waals surface area contributed by atoms with Gasteiger partial charge in [-0.05, 0) is 23.8 Å². The topological polar surface area (TPSA) is 35.2 Å². The van der Waals surface area contributed by atoms with Crippen LogP contribution in [-0.2, 0) is 12.4 Å². The van der Waals surface area contributed by atoms with Gasteiger partial charge in [-0.3, -0.25) is 0 Å². The zero-order chi connectivity index (χ0) is 20.5. The van der Waals surface area contributed by atoms with Gasteiger partial charge in [-0.25, -0.2) is 0 Å². The Morgan fingerprint density at radius 3 is 1.79 bits per heavy atom. The SMILES string of the molecule is Nc1ccc(Oc2ccccc2-c2ccccc2)c(C(F)(F)F)c1C(F)(F)F. The van der Waals surface area contributed by atoms with Gasteiger partial charge in [0.25, 0.3) is 0 Å². The van der Waals surface area contributed by atoms with Gasteiger partial charge in [0.15, 0.2) is 0 Å². The van der Waals surface area contributed by atoms with Crippen LogP contribution < -0.4 is 10.5 Å². The molecule has 0 spiro atoms. The van der Waals surface area contributed by atoms with Crippen LogP contribution in [0.5, 0.6) is 11.5 Å². The average molecular weight is 397 g/mol. The van der Waals surface area contributed by atoms with E-state index in [-0.39, 0.29) is 5.75 Å². The molecule has 2 nitrogen and oxygen atoms in total. The van der Waals surface area contributed by atoms with E-state index in [2.05, 4.69) is 0 Å². The number of alkyl halides is 6. The van der Waals surface area contributed by atoms with Crippen LogP contribution in [0.1, 0.15) is 11.1 Å². The minimum atomic E-state index is -5.32. The van der Waals surface area contributed by atoms with Crippen LogP contribution in [-0.4, -0.2) is 0 Å². The largest absolute Gasteiger partial charge is 0.456 e. The second kappa shape index (κ2) is 7.10. The first kappa shape index (κ1) is 19.6. The van der Waals surface area contributed by atoms with Gasteiger partial charge in [0.1, 0.15) is 17.1 Å². The molecule has 2 N–H and O–H groups in total. The summed E-state index contributed by atoms with van der Waals surface area (Å²) in [6.45, 7) is 0. The standard InChI is InChI=1S/C20H13F6NO/c21-19(22,23)17-14(27)10-11-16(18(17)20(24,25)26)28-15-9-5-4-8-13(15)12-6-2-1-3-7-12/h1-11H,27H2. The third-order valence-electron chi connectivity index (χ3n) is 3.96. The smallest absolute Gasteiger partial charge is 0.420 e. The first-order valence-electron chi connectivity index (χ1n) is 7.98. The van der Waals surface area contributed by atoms with Crippen molar-refractivity contribution in [1.82, 2.24) is 0 Å². The van der Waals surface area contributed by atoms with E-state index in [0.717, 1.165) is 12.1 Å². The van der Waals surface area contributed by atoms with Crippen molar-refractivity contribution < 1.29 is 31.1 Å². The minimum Gasteiger partial charge on any atom is -0.456 e. The normalized spacial score (nSPS) is 12.1. The molecule has 0 atom stereocenters. The van der Waals surface area contributed by atoms with Gasteiger partial charge in [0.2, 0.25) is 0 Å². The Labute approximate surface area is 156 Å². The molecule has 0 amide bonds. The molecule has 0 aliphatic heterocycles. The van der Waals surface area contributed by atoms with Gasteiger partial charge in [-0.15, -0.1) is 0 Å². The summed E-state index contributed by atoms with van der Waals surface area (Å²) in [5, 5.41) is 0. The van der Waals surface area contributed by atoms with Crippen LogP contribution in [0.4, 0.5) is 32.0 Å². The molecule has 0 aliphatic rings. The highest BCUT2D eigenvalue weighted by atomic mass is 19.4. The number of para-hydroxylation sites is 1. The Morgan fingerprint density at radius 2 is 1.18 bits per heavy atom. The Morgan fingerprint density at radius 1 is 0.607 bits per heavy atom. The number of nitrogens with two attached hydrogens (primary N) is 1. The van der Waals surface area contributed by atoms with Crippen molar-refractivity contribution in [1.29, 1.82) is 0 Å². The van der Waals surface area contributed by atoms with E-state index in [1.54, 1.807) is 42.5 Å². The molecule has 3 aromatic rings. The molecule has 0 bridgehead atoms. The number of hydrogen-bond acceptors (Lipinski definition) is 2. The van der Waals surface area contributed by atoms with E-state index < -0.39 is 34.9 Å². The van der Waals surface area contributed by atoms with Gasteiger partial charge in [0.05, 0.1) is 5.56 Å². The number of ether oxygens (including phenoxy) is 1. The molecule has 0 radical (unpaired) electrons. The number of hydrogen-bond donors (Lipinski definition) is 1. The van der Waals surface area contributed by atoms with Crippen molar-refractivity contribution in [2.24, 2.45) is 0 Å². The Kier molecular flexibility index (Phi) is 4.97. The predicted octanol–water partition coefficient (Wildman–Crippen LogP) is 6.77. The fourth-order valence-electron chi connectivity index (χ4n) is 2.80. The van der Waals surface area contributed by atoms with Crippen LogP contribution in [0.2, 0.25) is 0 Å². The van der Waals surface area contributed by atoms with E-state index in [9.17, 15) is 26.3 Å². The van der Waals surface area contributed by atoms with E-state index in [1.807, 2.05) is 0 Å². The van der Waals surface area contributed by atoms with Crippen LogP contribution in [0, 0.1) is 0 Å². The number of rotatable bonds is 3. The molecule has 0 aromatic heterocycles. The van der Waals surface area contributed by atoms with Gasteiger partial charge in [-0.2, -0.15) is 26.3 Å². The lowest BCUT2D eigenvalue weighted by Crippen LogP contribution is -2.19. The van der Waals surface area contributed by atoms with E-state index >= 15 is 0 Å². The Bertz CT molecular complexity index is 980. The summed E-state index contributed by atoms with van der Waals surface area (Å²) in [6.07, 6.45) is -10.6. The van der Waals surface area contributed by atoms with Crippen molar-refractivity contribution in [3.8, 4) is 22.6 Å². The molecule has 0 saturated carbocycles. The second-order valence-corrected chi connectivity index (χ2v) is 5.86. The summed E-state index contributed by atoms with van der Waals surface area (Å²) in [5.41, 5.74) is 1.34. The molecule has 3 rings (SSSR count). The lowest BCUT2D eigenvalue weighted by atomic mass is 10.0. The van der Waals surface area contributed by atoms with Crippen molar-refractivity contribution in [2.45, 2.75) is 12.4 Å². The third-order valence-corrected chi connectivity index (χ3v) is 3.96. The zero-order valence-electron chi connectivity index (χ0n) is 14.1. The van der Waals surface area contributed by atoms with E-state index in [1.165, 1.54) is 12.1 Å². The summed E-state index contributed by atoms with van der Waals surface area (Å²) < 4.78 is 85.7. The maximum atomic E-state index is 13.5. The molecule has 0 fully saturated rings. The molecule has 8 heteroatoms. The molecule has 146 valence electrons. The summed E-state index contributed by atoms with van der Waals surface area (Å²) in [6, 6.07) is 16.3. The zero-order valence-corrected chi connectivity index (χ0v) is 14.1. The first-order valence-corrected chi connectivity index (χ1v) is 7.98. The average Bonchev–Trinajstić information content (AvgIpc) is 2.62. The van der Waals surface area contributed by atoms with Crippen molar-refractivity contribution in [3.05, 3.63) is 77.9 Å². The molecule has 3 aromatic carbocycles. The van der Waals surface area contributed by atoms with Gasteiger partial charge in [0, 0.05) is 11.3 Å². The van der Waals surface area contributed by atoms with E-state index in [4.69, 9.17) is 10.5 Å². The number of nitrogen functional groups attached to an aromatic ring is 1. The van der Waals surface area contributed by atoms with Crippen LogP contribution >= 0.6 is 0 Å². The fourth-order valence-corrected chi connectivity index (χ4v) is 2.80. The maximum absolute atomic E-state index is 13.5. The highest BCUT2D eigenvalue weighted by molar-refractivity contribution is 5.71. The monoisotopic (exact) mass is 397 g/mol. The highest BCUT2D eigenvalue weighted by Crippen LogP contribution is 2.49. The Balaban J connectivity index is 2.18. The molecule has 0 aliphatic carbocycles. The molecule has 0 heterocycles. The molecular formula is C20H13F6NO. The second-order valence-electron chi connectivity index (χ2n) is 5.86.